The van der Waals surface area contributed by atoms with Crippen LogP contribution in [0.4, 0.5) is 0 Å². The summed E-state index contributed by atoms with van der Waals surface area (Å²) in [5, 5.41) is 8.48. The van der Waals surface area contributed by atoms with E-state index in [0.717, 1.165) is 6.21 Å². The molecule has 1 rings (SSSR count). The fourth-order valence-corrected chi connectivity index (χ4v) is 1.48. The van der Waals surface area contributed by atoms with Crippen molar-refractivity contribution in [3.8, 4) is 0 Å². The molecule has 3 N–H and O–H groups in total. The SMILES string of the molecule is NC1=C(CO)S(=O)(=O)N=C1. The maximum Gasteiger partial charge on any atom is 0.282 e. The van der Waals surface area contributed by atoms with Crippen molar-refractivity contribution in [1.82, 2.24) is 0 Å². The first-order chi connectivity index (χ1) is 4.58. The molecule has 0 radical (unpaired) electrons. The molecule has 5 nitrogen and oxygen atoms in total. The quantitative estimate of drug-likeness (QED) is 0.494. The molecule has 0 saturated heterocycles. The van der Waals surface area contributed by atoms with E-state index in [1.165, 1.54) is 0 Å². The molecule has 0 fully saturated rings. The molecular formula is C4H6N2O3S. The molecule has 0 aliphatic carbocycles. The average molecular weight is 162 g/mol. The number of rotatable bonds is 1. The molecule has 10 heavy (non-hydrogen) atoms. The van der Waals surface area contributed by atoms with Gasteiger partial charge in [0.05, 0.1) is 18.5 Å². The van der Waals surface area contributed by atoms with E-state index in [1.54, 1.807) is 0 Å². The smallest absolute Gasteiger partial charge is 0.282 e. The second-order valence-electron chi connectivity index (χ2n) is 1.75. The van der Waals surface area contributed by atoms with E-state index in [2.05, 4.69) is 4.40 Å². The van der Waals surface area contributed by atoms with Crippen LogP contribution in [0, 0.1) is 0 Å². The first-order valence-electron chi connectivity index (χ1n) is 2.48. The summed E-state index contributed by atoms with van der Waals surface area (Å²) in [6.45, 7) is -0.589. The maximum atomic E-state index is 10.7. The summed E-state index contributed by atoms with van der Waals surface area (Å²) >= 11 is 0. The third kappa shape index (κ3) is 0.910. The highest BCUT2D eigenvalue weighted by Crippen LogP contribution is 2.14. The van der Waals surface area contributed by atoms with Gasteiger partial charge in [-0.2, -0.15) is 12.8 Å². The highest BCUT2D eigenvalue weighted by Gasteiger charge is 2.22. The first-order valence-corrected chi connectivity index (χ1v) is 3.92. The van der Waals surface area contributed by atoms with E-state index >= 15 is 0 Å². The van der Waals surface area contributed by atoms with E-state index in [1.807, 2.05) is 0 Å². The van der Waals surface area contributed by atoms with Gasteiger partial charge in [0.2, 0.25) is 0 Å². The van der Waals surface area contributed by atoms with Gasteiger partial charge >= 0.3 is 0 Å². The number of aliphatic hydroxyl groups excluding tert-OH is 1. The summed E-state index contributed by atoms with van der Waals surface area (Å²) in [7, 11) is -3.61. The van der Waals surface area contributed by atoms with Crippen molar-refractivity contribution in [2.75, 3.05) is 6.61 Å². The molecule has 0 aromatic heterocycles. The monoisotopic (exact) mass is 162 g/mol. The lowest BCUT2D eigenvalue weighted by Crippen LogP contribution is -2.06. The highest BCUT2D eigenvalue weighted by atomic mass is 32.2. The van der Waals surface area contributed by atoms with E-state index in [0.29, 0.717) is 0 Å². The van der Waals surface area contributed by atoms with Crippen molar-refractivity contribution in [3.63, 3.8) is 0 Å². The standard InChI is InChI=1S/C4H6N2O3S/c5-3-1-6-10(8,9)4(3)2-7/h1,7H,2,5H2. The minimum atomic E-state index is -3.61. The molecule has 56 valence electrons. The van der Waals surface area contributed by atoms with E-state index in [4.69, 9.17) is 10.8 Å². The predicted molar refractivity (Wildman–Crippen MR) is 35.7 cm³/mol. The lowest BCUT2D eigenvalue weighted by atomic mass is 10.4. The summed E-state index contributed by atoms with van der Waals surface area (Å²) in [5.74, 6) is 0. The molecule has 1 aliphatic rings. The van der Waals surface area contributed by atoms with E-state index in [9.17, 15) is 8.42 Å². The van der Waals surface area contributed by atoms with Gasteiger partial charge in [-0.25, -0.2) is 0 Å². The van der Waals surface area contributed by atoms with Crippen LogP contribution in [0.2, 0.25) is 0 Å². The third-order valence-corrected chi connectivity index (χ3v) is 2.48. The molecule has 0 atom stereocenters. The molecule has 0 unspecified atom stereocenters. The summed E-state index contributed by atoms with van der Waals surface area (Å²) in [6.07, 6.45) is 1.01. The Kier molecular flexibility index (Phi) is 1.49. The van der Waals surface area contributed by atoms with Gasteiger partial charge in [-0.05, 0) is 0 Å². The van der Waals surface area contributed by atoms with Crippen LogP contribution in [-0.2, 0) is 10.0 Å². The predicted octanol–water partition coefficient (Wildman–Crippen LogP) is -1.44. The van der Waals surface area contributed by atoms with Crippen molar-refractivity contribution in [2.45, 2.75) is 0 Å². The van der Waals surface area contributed by atoms with E-state index < -0.39 is 16.6 Å². The average Bonchev–Trinajstić information content (AvgIpc) is 2.07. The number of sulfonamides is 1. The maximum absolute atomic E-state index is 10.7. The molecule has 0 aromatic rings. The summed E-state index contributed by atoms with van der Waals surface area (Å²) in [6, 6.07) is 0. The highest BCUT2D eigenvalue weighted by molar-refractivity contribution is 7.94. The van der Waals surface area contributed by atoms with Gasteiger partial charge < -0.3 is 10.8 Å². The van der Waals surface area contributed by atoms with Crippen molar-refractivity contribution in [1.29, 1.82) is 0 Å². The molecule has 1 aliphatic heterocycles. The van der Waals surface area contributed by atoms with Gasteiger partial charge in [0.25, 0.3) is 10.0 Å². The van der Waals surface area contributed by atoms with Crippen LogP contribution < -0.4 is 5.73 Å². The number of nitrogens with zero attached hydrogens (tertiary/aromatic N) is 1. The number of allylic oxidation sites excluding steroid dienone is 1. The minimum absolute atomic E-state index is 0.0162. The van der Waals surface area contributed by atoms with Crippen molar-refractivity contribution in [3.05, 3.63) is 10.6 Å². The van der Waals surface area contributed by atoms with Crippen LogP contribution >= 0.6 is 0 Å². The Morgan fingerprint density at radius 2 is 2.30 bits per heavy atom. The molecule has 0 saturated carbocycles. The molecule has 0 aromatic carbocycles. The van der Waals surface area contributed by atoms with Crippen molar-refractivity contribution >= 4 is 16.2 Å². The molecule has 6 heteroatoms. The number of hydrogen-bond acceptors (Lipinski definition) is 4. The zero-order valence-electron chi connectivity index (χ0n) is 4.98. The summed E-state index contributed by atoms with van der Waals surface area (Å²) in [4.78, 5) is -0.215. The summed E-state index contributed by atoms with van der Waals surface area (Å²) < 4.78 is 24.5. The van der Waals surface area contributed by atoms with Gasteiger partial charge in [-0.3, -0.25) is 0 Å². The first kappa shape index (κ1) is 7.23. The van der Waals surface area contributed by atoms with Crippen molar-refractivity contribution in [2.24, 2.45) is 10.1 Å². The van der Waals surface area contributed by atoms with Gasteiger partial charge in [-0.1, -0.05) is 0 Å². The molecule has 0 bridgehead atoms. The van der Waals surface area contributed by atoms with Gasteiger partial charge in [0.1, 0.15) is 4.91 Å². The van der Waals surface area contributed by atoms with E-state index in [-0.39, 0.29) is 10.6 Å². The van der Waals surface area contributed by atoms with Crippen LogP contribution in [0.25, 0.3) is 0 Å². The van der Waals surface area contributed by atoms with Crippen molar-refractivity contribution < 1.29 is 13.5 Å². The Hall–Kier alpha value is -0.880. The summed E-state index contributed by atoms with van der Waals surface area (Å²) in [5.41, 5.74) is 5.17. The zero-order valence-corrected chi connectivity index (χ0v) is 5.80. The topological polar surface area (TPSA) is 92.8 Å². The molecular weight excluding hydrogens is 156 g/mol. The Bertz CT molecular complexity index is 300. The molecule has 0 amide bonds. The Morgan fingerprint density at radius 3 is 2.50 bits per heavy atom. The fourth-order valence-electron chi connectivity index (χ4n) is 0.584. The second kappa shape index (κ2) is 2.06. The van der Waals surface area contributed by atoms with Crippen LogP contribution in [0.1, 0.15) is 0 Å². The van der Waals surface area contributed by atoms with Gasteiger partial charge in [0, 0.05) is 0 Å². The van der Waals surface area contributed by atoms with Crippen LogP contribution in [0.5, 0.6) is 0 Å². The number of nitrogens with two attached hydrogens (primary N) is 1. The van der Waals surface area contributed by atoms with Crippen LogP contribution in [0.3, 0.4) is 0 Å². The zero-order chi connectivity index (χ0) is 7.78. The fraction of sp³-hybridized carbons (Fsp3) is 0.250. The Labute approximate surface area is 57.9 Å². The third-order valence-electron chi connectivity index (χ3n) is 1.11. The van der Waals surface area contributed by atoms with Crippen LogP contribution in [0.15, 0.2) is 15.0 Å². The molecule has 0 spiro atoms. The van der Waals surface area contributed by atoms with Gasteiger partial charge in [-0.15, -0.1) is 0 Å². The lowest BCUT2D eigenvalue weighted by molar-refractivity contribution is 0.337. The number of aliphatic hydroxyl groups is 1. The van der Waals surface area contributed by atoms with Gasteiger partial charge in [0.15, 0.2) is 0 Å². The molecule has 1 heterocycles. The largest absolute Gasteiger partial charge is 0.397 e. The Balaban J connectivity index is 3.22. The normalized spacial score (nSPS) is 22.1. The lowest BCUT2D eigenvalue weighted by Gasteiger charge is -1.93. The Morgan fingerprint density at radius 1 is 1.70 bits per heavy atom. The number of hydrogen-bond donors (Lipinski definition) is 2. The second-order valence-corrected chi connectivity index (χ2v) is 3.40. The minimum Gasteiger partial charge on any atom is -0.397 e. The van der Waals surface area contributed by atoms with Crippen LogP contribution in [-0.4, -0.2) is 26.3 Å².